The lowest BCUT2D eigenvalue weighted by molar-refractivity contribution is 0.0782. The Balaban J connectivity index is 1.18. The minimum Gasteiger partial charge on any atom is -0.490 e. The highest BCUT2D eigenvalue weighted by atomic mass is 32.2. The van der Waals surface area contributed by atoms with E-state index in [1.165, 1.54) is 43.2 Å². The van der Waals surface area contributed by atoms with Crippen LogP contribution < -0.4 is 4.74 Å². The van der Waals surface area contributed by atoms with Crippen molar-refractivity contribution in [3.63, 3.8) is 0 Å². The zero-order valence-corrected chi connectivity index (χ0v) is 20.3. The molecule has 1 aliphatic heterocycles. The Kier molecular flexibility index (Phi) is 7.67. The summed E-state index contributed by atoms with van der Waals surface area (Å²) < 4.78 is 43.0. The smallest absolute Gasteiger partial charge is 0.281 e. The Hall–Kier alpha value is -1.32. The highest BCUT2D eigenvalue weighted by Gasteiger charge is 2.31. The Morgan fingerprint density at radius 1 is 1.09 bits per heavy atom. The van der Waals surface area contributed by atoms with Crippen LogP contribution in [0.4, 0.5) is 9.18 Å². The van der Waals surface area contributed by atoms with Gasteiger partial charge in [-0.25, -0.2) is 12.8 Å². The number of thioether (sulfide) groups is 1. The molecule has 1 amide bonds. The molecule has 3 fully saturated rings. The third kappa shape index (κ3) is 5.97. The quantitative estimate of drug-likeness (QED) is 0.603. The van der Waals surface area contributed by atoms with Crippen LogP contribution in [0.2, 0.25) is 0 Å². The predicted molar refractivity (Wildman–Crippen MR) is 125 cm³/mol. The number of carbonyl (C=O) groups excluding carboxylic acids is 1. The summed E-state index contributed by atoms with van der Waals surface area (Å²) in [5, 5.41) is 0.802. The van der Waals surface area contributed by atoms with Gasteiger partial charge in [-0.15, -0.1) is 0 Å². The summed E-state index contributed by atoms with van der Waals surface area (Å²) in [5.74, 6) is -0.147. The molecule has 1 heterocycles. The van der Waals surface area contributed by atoms with Gasteiger partial charge in [0, 0.05) is 43.7 Å². The monoisotopic (exact) mass is 484 g/mol. The predicted octanol–water partition coefficient (Wildman–Crippen LogP) is 4.19. The van der Waals surface area contributed by atoms with Gasteiger partial charge in [0.05, 0.1) is 11.5 Å². The van der Waals surface area contributed by atoms with E-state index in [2.05, 4.69) is 4.90 Å². The molecule has 0 N–H and O–H groups in total. The Bertz CT molecular complexity index is 907. The summed E-state index contributed by atoms with van der Waals surface area (Å²) in [6, 6.07) is 4.37. The standard InChI is InChI=1S/C23H33FN2O4S2/c1-32(28,29)20-9-10-22(21(24)15-20)30-16-17-5-7-18(8-6-17)25-11-13-26(14-12-25)23(27)31-19-3-2-4-19/h9-10,15,17-19H,2-8,11-14,16H2,1H3/t17-,18-. The van der Waals surface area contributed by atoms with E-state index < -0.39 is 15.7 Å². The van der Waals surface area contributed by atoms with Crippen molar-refractivity contribution in [1.29, 1.82) is 0 Å². The van der Waals surface area contributed by atoms with E-state index >= 15 is 0 Å². The first-order chi connectivity index (χ1) is 15.3. The third-order valence-corrected chi connectivity index (χ3v) is 9.41. The maximum absolute atomic E-state index is 14.2. The molecular formula is C23H33FN2O4S2. The second kappa shape index (κ2) is 10.3. The topological polar surface area (TPSA) is 66.9 Å². The molecule has 178 valence electrons. The van der Waals surface area contributed by atoms with Crippen molar-refractivity contribution in [3.8, 4) is 5.75 Å². The van der Waals surface area contributed by atoms with Gasteiger partial charge < -0.3 is 9.64 Å². The van der Waals surface area contributed by atoms with Gasteiger partial charge >= 0.3 is 0 Å². The van der Waals surface area contributed by atoms with Gasteiger partial charge in [-0.3, -0.25) is 9.69 Å². The number of hydrogen-bond donors (Lipinski definition) is 0. The number of halogens is 1. The van der Waals surface area contributed by atoms with Crippen LogP contribution >= 0.6 is 11.8 Å². The largest absolute Gasteiger partial charge is 0.490 e. The molecule has 2 saturated carbocycles. The molecule has 0 aromatic heterocycles. The fourth-order valence-corrected chi connectivity index (χ4v) is 6.51. The van der Waals surface area contributed by atoms with E-state index in [9.17, 15) is 17.6 Å². The number of hydrogen-bond acceptors (Lipinski definition) is 6. The van der Waals surface area contributed by atoms with Crippen molar-refractivity contribution in [2.75, 3.05) is 39.0 Å². The lowest BCUT2D eigenvalue weighted by atomic mass is 9.85. The molecule has 0 bridgehead atoms. The van der Waals surface area contributed by atoms with Crippen LogP contribution in [0.5, 0.6) is 5.75 Å². The van der Waals surface area contributed by atoms with Crippen LogP contribution in [0.3, 0.4) is 0 Å². The van der Waals surface area contributed by atoms with Gasteiger partial charge in [-0.2, -0.15) is 0 Å². The lowest BCUT2D eigenvalue weighted by Gasteiger charge is -2.42. The molecule has 1 aromatic carbocycles. The maximum atomic E-state index is 14.2. The normalized spacial score (nSPS) is 25.4. The van der Waals surface area contributed by atoms with Crippen LogP contribution in [-0.2, 0) is 9.84 Å². The third-order valence-electron chi connectivity index (χ3n) is 7.03. The van der Waals surface area contributed by atoms with Gasteiger partial charge in [0.25, 0.3) is 5.24 Å². The van der Waals surface area contributed by atoms with E-state index in [0.29, 0.717) is 23.8 Å². The number of piperazine rings is 1. The molecule has 2 aliphatic carbocycles. The van der Waals surface area contributed by atoms with Crippen molar-refractivity contribution in [1.82, 2.24) is 9.80 Å². The van der Waals surface area contributed by atoms with E-state index in [1.54, 1.807) is 0 Å². The van der Waals surface area contributed by atoms with E-state index in [1.807, 2.05) is 4.90 Å². The Morgan fingerprint density at radius 3 is 2.34 bits per heavy atom. The molecule has 4 rings (SSSR count). The first kappa shape index (κ1) is 23.8. The van der Waals surface area contributed by atoms with E-state index in [0.717, 1.165) is 64.2 Å². The number of nitrogens with zero attached hydrogens (tertiary/aromatic N) is 2. The fourth-order valence-electron chi connectivity index (χ4n) is 4.69. The summed E-state index contributed by atoms with van der Waals surface area (Å²) in [6.45, 7) is 3.98. The van der Waals surface area contributed by atoms with Crippen molar-refractivity contribution in [2.24, 2.45) is 5.92 Å². The van der Waals surface area contributed by atoms with Crippen LogP contribution in [0.15, 0.2) is 23.1 Å². The summed E-state index contributed by atoms with van der Waals surface area (Å²) in [5.41, 5.74) is 0. The van der Waals surface area contributed by atoms with Crippen molar-refractivity contribution < 1.29 is 22.3 Å². The first-order valence-corrected chi connectivity index (χ1v) is 14.4. The molecule has 0 spiro atoms. The zero-order valence-electron chi connectivity index (χ0n) is 18.7. The molecule has 0 atom stereocenters. The number of ether oxygens (including phenoxy) is 1. The second-order valence-electron chi connectivity index (χ2n) is 9.31. The number of carbonyl (C=O) groups is 1. The van der Waals surface area contributed by atoms with Crippen LogP contribution in [-0.4, -0.2) is 73.8 Å². The zero-order chi connectivity index (χ0) is 22.7. The summed E-state index contributed by atoms with van der Waals surface area (Å²) in [6.07, 6.45) is 8.94. The Labute approximate surface area is 194 Å². The summed E-state index contributed by atoms with van der Waals surface area (Å²) >= 11 is 1.53. The second-order valence-corrected chi connectivity index (χ2v) is 12.6. The molecule has 3 aliphatic rings. The van der Waals surface area contributed by atoms with E-state index in [4.69, 9.17) is 4.74 Å². The number of rotatable bonds is 6. The Morgan fingerprint density at radius 2 is 1.78 bits per heavy atom. The van der Waals surface area contributed by atoms with Crippen molar-refractivity contribution in [2.45, 2.75) is 61.1 Å². The van der Waals surface area contributed by atoms with E-state index in [-0.39, 0.29) is 15.9 Å². The summed E-state index contributed by atoms with van der Waals surface area (Å²) in [7, 11) is -3.43. The molecule has 32 heavy (non-hydrogen) atoms. The highest BCUT2D eigenvalue weighted by Crippen LogP contribution is 2.34. The minimum atomic E-state index is -3.43. The first-order valence-electron chi connectivity index (χ1n) is 11.6. The van der Waals surface area contributed by atoms with Gasteiger partial charge in [-0.05, 0) is 62.6 Å². The van der Waals surface area contributed by atoms with Gasteiger partial charge in [0.2, 0.25) is 0 Å². The lowest BCUT2D eigenvalue weighted by Crippen LogP contribution is -2.52. The van der Waals surface area contributed by atoms with Crippen LogP contribution in [0, 0.1) is 11.7 Å². The van der Waals surface area contributed by atoms with Gasteiger partial charge in [-0.1, -0.05) is 18.2 Å². The molecule has 1 saturated heterocycles. The van der Waals surface area contributed by atoms with Gasteiger partial charge in [0.15, 0.2) is 21.4 Å². The fraction of sp³-hybridized carbons (Fsp3) is 0.696. The van der Waals surface area contributed by atoms with Crippen LogP contribution in [0.1, 0.15) is 44.9 Å². The molecular weight excluding hydrogens is 451 g/mol. The average Bonchev–Trinajstić information content (AvgIpc) is 2.75. The number of sulfone groups is 1. The number of benzene rings is 1. The highest BCUT2D eigenvalue weighted by molar-refractivity contribution is 8.14. The van der Waals surface area contributed by atoms with Gasteiger partial charge in [0.1, 0.15) is 0 Å². The average molecular weight is 485 g/mol. The molecule has 9 heteroatoms. The molecule has 0 radical (unpaired) electrons. The molecule has 6 nitrogen and oxygen atoms in total. The summed E-state index contributed by atoms with van der Waals surface area (Å²) in [4.78, 5) is 16.9. The van der Waals surface area contributed by atoms with Crippen molar-refractivity contribution >= 4 is 26.8 Å². The maximum Gasteiger partial charge on any atom is 0.281 e. The number of amides is 1. The van der Waals surface area contributed by atoms with Crippen LogP contribution in [0.25, 0.3) is 0 Å². The molecule has 1 aromatic rings. The van der Waals surface area contributed by atoms with Crippen molar-refractivity contribution in [3.05, 3.63) is 24.0 Å². The minimum absolute atomic E-state index is 0.0358. The SMILES string of the molecule is CS(=O)(=O)c1ccc(OC[C@H]2CC[C@H](N3CCN(C(=O)SC4CCC4)CC3)CC2)c(F)c1. The molecule has 0 unspecified atom stereocenters.